The Morgan fingerprint density at radius 2 is 1.90 bits per heavy atom. The molecule has 1 atom stereocenters. The molecular weight excluding hydrogens is 272 g/mol. The van der Waals surface area contributed by atoms with Crippen molar-refractivity contribution in [1.29, 1.82) is 0 Å². The molecule has 0 saturated carbocycles. The van der Waals surface area contributed by atoms with Crippen LogP contribution in [0.2, 0.25) is 0 Å². The molecule has 1 aromatic carbocycles. The number of amides is 2. The van der Waals surface area contributed by atoms with Crippen molar-refractivity contribution in [3.05, 3.63) is 36.1 Å². The highest BCUT2D eigenvalue weighted by molar-refractivity contribution is 6.35. The first-order valence-corrected chi connectivity index (χ1v) is 6.71. The molecule has 1 aromatic heterocycles. The van der Waals surface area contributed by atoms with Crippen LogP contribution in [0.5, 0.6) is 0 Å². The van der Waals surface area contributed by atoms with E-state index in [9.17, 15) is 14.7 Å². The molecule has 0 radical (unpaired) electrons. The van der Waals surface area contributed by atoms with E-state index in [0.29, 0.717) is 17.9 Å². The average molecular weight is 290 g/mol. The molecule has 0 unspecified atom stereocenters. The summed E-state index contributed by atoms with van der Waals surface area (Å²) in [7, 11) is 0. The third-order valence-corrected chi connectivity index (χ3v) is 3.09. The van der Waals surface area contributed by atoms with E-state index < -0.39 is 17.4 Å². The number of fused-ring (bicyclic) bond motifs is 1. The van der Waals surface area contributed by atoms with E-state index in [1.165, 1.54) is 6.92 Å². The van der Waals surface area contributed by atoms with Crippen LogP contribution in [0.3, 0.4) is 0 Å². The SMILES string of the molecule is CCNC(=O)C(=O)NC[C@](C)(O)c1cc2ccccc2o1. The van der Waals surface area contributed by atoms with E-state index >= 15 is 0 Å². The van der Waals surface area contributed by atoms with Crippen LogP contribution in [-0.2, 0) is 15.2 Å². The zero-order chi connectivity index (χ0) is 15.5. The first-order chi connectivity index (χ1) is 9.94. The highest BCUT2D eigenvalue weighted by atomic mass is 16.4. The zero-order valence-electron chi connectivity index (χ0n) is 12.0. The first kappa shape index (κ1) is 15.1. The Morgan fingerprint density at radius 3 is 2.57 bits per heavy atom. The van der Waals surface area contributed by atoms with Gasteiger partial charge >= 0.3 is 11.8 Å². The summed E-state index contributed by atoms with van der Waals surface area (Å²) < 4.78 is 5.57. The topological polar surface area (TPSA) is 91.6 Å². The Morgan fingerprint density at radius 1 is 1.24 bits per heavy atom. The van der Waals surface area contributed by atoms with E-state index in [2.05, 4.69) is 10.6 Å². The summed E-state index contributed by atoms with van der Waals surface area (Å²) in [5, 5.41) is 16.0. The van der Waals surface area contributed by atoms with Gasteiger partial charge in [0.15, 0.2) is 0 Å². The van der Waals surface area contributed by atoms with Gasteiger partial charge in [0, 0.05) is 11.9 Å². The summed E-state index contributed by atoms with van der Waals surface area (Å²) in [6.07, 6.45) is 0. The van der Waals surface area contributed by atoms with Gasteiger partial charge in [0.25, 0.3) is 0 Å². The second kappa shape index (κ2) is 5.97. The second-order valence-electron chi connectivity index (χ2n) is 4.96. The second-order valence-corrected chi connectivity index (χ2v) is 4.96. The van der Waals surface area contributed by atoms with Crippen molar-refractivity contribution in [3.63, 3.8) is 0 Å². The lowest BCUT2D eigenvalue weighted by molar-refractivity contribution is -0.139. The van der Waals surface area contributed by atoms with Gasteiger partial charge in [0.1, 0.15) is 16.9 Å². The van der Waals surface area contributed by atoms with Crippen LogP contribution in [0.15, 0.2) is 34.7 Å². The van der Waals surface area contributed by atoms with Gasteiger partial charge in [-0.15, -0.1) is 0 Å². The molecule has 0 fully saturated rings. The summed E-state index contributed by atoms with van der Waals surface area (Å²) in [6, 6.07) is 9.08. The highest BCUT2D eigenvalue weighted by Crippen LogP contribution is 2.27. The van der Waals surface area contributed by atoms with Crippen molar-refractivity contribution in [1.82, 2.24) is 10.6 Å². The summed E-state index contributed by atoms with van der Waals surface area (Å²) in [6.45, 7) is 3.48. The van der Waals surface area contributed by atoms with Crippen LogP contribution in [0.1, 0.15) is 19.6 Å². The molecule has 0 aliphatic carbocycles. The van der Waals surface area contributed by atoms with Crippen molar-refractivity contribution in [2.75, 3.05) is 13.1 Å². The number of aliphatic hydroxyl groups is 1. The Bertz CT molecular complexity index is 627. The van der Waals surface area contributed by atoms with Crippen LogP contribution in [0.25, 0.3) is 11.0 Å². The molecule has 0 bridgehead atoms. The van der Waals surface area contributed by atoms with Gasteiger partial charge in [0.05, 0.1) is 6.54 Å². The van der Waals surface area contributed by atoms with Gasteiger partial charge in [-0.3, -0.25) is 9.59 Å². The molecule has 2 aromatic rings. The fraction of sp³-hybridized carbons (Fsp3) is 0.333. The number of rotatable bonds is 4. The van der Waals surface area contributed by atoms with E-state index in [-0.39, 0.29) is 6.54 Å². The third kappa shape index (κ3) is 3.41. The van der Waals surface area contributed by atoms with Crippen LogP contribution in [0.4, 0.5) is 0 Å². The van der Waals surface area contributed by atoms with Crippen molar-refractivity contribution < 1.29 is 19.1 Å². The van der Waals surface area contributed by atoms with Crippen LogP contribution >= 0.6 is 0 Å². The molecule has 21 heavy (non-hydrogen) atoms. The molecule has 1 heterocycles. The van der Waals surface area contributed by atoms with Gasteiger partial charge in [0.2, 0.25) is 0 Å². The lowest BCUT2D eigenvalue weighted by Gasteiger charge is -2.20. The normalized spacial score (nSPS) is 13.7. The summed E-state index contributed by atoms with van der Waals surface area (Å²) >= 11 is 0. The van der Waals surface area contributed by atoms with Crippen molar-refractivity contribution in [3.8, 4) is 0 Å². The molecule has 0 saturated heterocycles. The molecule has 0 aliphatic heterocycles. The molecular formula is C15H18N2O4. The van der Waals surface area contributed by atoms with Gasteiger partial charge in [-0.25, -0.2) is 0 Å². The molecule has 112 valence electrons. The molecule has 0 spiro atoms. The lowest BCUT2D eigenvalue weighted by Crippen LogP contribution is -2.45. The Balaban J connectivity index is 2.07. The summed E-state index contributed by atoms with van der Waals surface area (Å²) in [4.78, 5) is 22.8. The van der Waals surface area contributed by atoms with E-state index in [4.69, 9.17) is 4.42 Å². The largest absolute Gasteiger partial charge is 0.458 e. The monoisotopic (exact) mass is 290 g/mol. The average Bonchev–Trinajstić information content (AvgIpc) is 2.90. The van der Waals surface area contributed by atoms with Crippen molar-refractivity contribution in [2.45, 2.75) is 19.4 Å². The zero-order valence-corrected chi connectivity index (χ0v) is 12.0. The fourth-order valence-electron chi connectivity index (χ4n) is 1.91. The standard InChI is InChI=1S/C15H18N2O4/c1-3-16-13(18)14(19)17-9-15(2,20)12-8-10-6-4-5-7-11(10)21-12/h4-8,20H,3,9H2,1-2H3,(H,16,18)(H,17,19)/t15-/m0/s1. The smallest absolute Gasteiger partial charge is 0.309 e. The van der Waals surface area contributed by atoms with Crippen LogP contribution in [0, 0.1) is 0 Å². The van der Waals surface area contributed by atoms with E-state index in [0.717, 1.165) is 5.39 Å². The number of nitrogens with one attached hydrogen (secondary N) is 2. The Kier molecular flexibility index (Phi) is 4.28. The van der Waals surface area contributed by atoms with Crippen molar-refractivity contribution in [2.24, 2.45) is 0 Å². The number of carbonyl (C=O) groups is 2. The number of hydrogen-bond acceptors (Lipinski definition) is 4. The molecule has 2 rings (SSSR count). The number of hydrogen-bond donors (Lipinski definition) is 3. The number of para-hydroxylation sites is 1. The lowest BCUT2D eigenvalue weighted by atomic mass is 10.0. The summed E-state index contributed by atoms with van der Waals surface area (Å²) in [5.41, 5.74) is -0.746. The predicted molar refractivity (Wildman–Crippen MR) is 77.5 cm³/mol. The Hall–Kier alpha value is -2.34. The number of carbonyl (C=O) groups excluding carboxylic acids is 2. The van der Waals surface area contributed by atoms with Gasteiger partial charge in [-0.1, -0.05) is 18.2 Å². The minimum atomic E-state index is -1.40. The number of furan rings is 1. The molecule has 3 N–H and O–H groups in total. The van der Waals surface area contributed by atoms with Gasteiger partial charge in [-0.2, -0.15) is 0 Å². The summed E-state index contributed by atoms with van der Waals surface area (Å²) in [5.74, 6) is -1.17. The predicted octanol–water partition coefficient (Wildman–Crippen LogP) is 0.893. The van der Waals surface area contributed by atoms with Gasteiger partial charge < -0.3 is 20.2 Å². The number of benzene rings is 1. The number of likely N-dealkylation sites (N-methyl/N-ethyl adjacent to an activating group) is 1. The maximum absolute atomic E-state index is 11.5. The van der Waals surface area contributed by atoms with Crippen LogP contribution < -0.4 is 10.6 Å². The minimum absolute atomic E-state index is 0.122. The van der Waals surface area contributed by atoms with E-state index in [1.54, 1.807) is 19.1 Å². The van der Waals surface area contributed by atoms with Crippen LogP contribution in [-0.4, -0.2) is 30.0 Å². The Labute approximate surface area is 122 Å². The minimum Gasteiger partial charge on any atom is -0.458 e. The van der Waals surface area contributed by atoms with Gasteiger partial charge in [-0.05, 0) is 26.0 Å². The quantitative estimate of drug-likeness (QED) is 0.729. The molecule has 6 nitrogen and oxygen atoms in total. The highest BCUT2D eigenvalue weighted by Gasteiger charge is 2.29. The van der Waals surface area contributed by atoms with Crippen molar-refractivity contribution >= 4 is 22.8 Å². The maximum Gasteiger partial charge on any atom is 0.309 e. The maximum atomic E-state index is 11.5. The fourth-order valence-corrected chi connectivity index (χ4v) is 1.91. The molecule has 2 amide bonds. The third-order valence-electron chi connectivity index (χ3n) is 3.09. The van der Waals surface area contributed by atoms with E-state index in [1.807, 2.05) is 18.2 Å². The molecule has 0 aliphatic rings. The molecule has 6 heteroatoms. The first-order valence-electron chi connectivity index (χ1n) is 6.71.